The van der Waals surface area contributed by atoms with Crippen LogP contribution in [0, 0.1) is 0 Å². The van der Waals surface area contributed by atoms with Gasteiger partial charge in [0, 0.05) is 25.3 Å². The summed E-state index contributed by atoms with van der Waals surface area (Å²) in [7, 11) is 0. The van der Waals surface area contributed by atoms with Crippen molar-refractivity contribution in [2.24, 2.45) is 0 Å². The molecule has 2 aromatic rings. The summed E-state index contributed by atoms with van der Waals surface area (Å²) in [6.07, 6.45) is 19.1. The maximum Gasteiger partial charge on any atom is 0.314 e. The zero-order valence-electron chi connectivity index (χ0n) is 16.6. The molecule has 0 radical (unpaired) electrons. The monoisotopic (exact) mass is 370 g/mol. The SMILES string of the molecule is c1cnc2oc(N3CCCCCCCN3C3CCCCCCCC3)nc2c1. The molecule has 0 aromatic carbocycles. The van der Waals surface area contributed by atoms with Gasteiger partial charge in [-0.15, -0.1) is 0 Å². The first kappa shape index (κ1) is 18.7. The van der Waals surface area contributed by atoms with E-state index in [1.165, 1.54) is 83.5 Å². The van der Waals surface area contributed by atoms with Gasteiger partial charge in [0.2, 0.25) is 5.71 Å². The van der Waals surface area contributed by atoms with Crippen LogP contribution in [-0.4, -0.2) is 34.1 Å². The standard InChI is InChI=1S/C22H34N4O/c1-2-5-9-14-19(13-8-4-1)25-17-10-6-3-7-11-18-26(25)22-24-20-15-12-16-23-21(20)27-22/h12,15-16,19H,1-11,13-14,17-18H2. The molecule has 0 N–H and O–H groups in total. The van der Waals surface area contributed by atoms with E-state index in [2.05, 4.69) is 15.0 Å². The third kappa shape index (κ3) is 4.81. The maximum absolute atomic E-state index is 6.11. The predicted molar refractivity (Wildman–Crippen MR) is 110 cm³/mol. The summed E-state index contributed by atoms with van der Waals surface area (Å²) in [6, 6.07) is 5.29. The van der Waals surface area contributed by atoms with Gasteiger partial charge in [-0.3, -0.25) is 5.01 Å². The van der Waals surface area contributed by atoms with E-state index in [1.807, 2.05) is 12.1 Å². The molecule has 148 valence electrons. The van der Waals surface area contributed by atoms with Crippen LogP contribution in [0.15, 0.2) is 22.7 Å². The summed E-state index contributed by atoms with van der Waals surface area (Å²) in [5.41, 5.74) is 1.52. The predicted octanol–water partition coefficient (Wildman–Crippen LogP) is 5.71. The Bertz CT molecular complexity index is 657. The van der Waals surface area contributed by atoms with Crippen LogP contribution in [0.3, 0.4) is 0 Å². The molecule has 2 fully saturated rings. The molecular weight excluding hydrogens is 336 g/mol. The molecule has 1 aliphatic carbocycles. The van der Waals surface area contributed by atoms with Crippen LogP contribution in [0.25, 0.3) is 11.2 Å². The van der Waals surface area contributed by atoms with Gasteiger partial charge in [-0.05, 0) is 37.8 Å². The third-order valence-electron chi connectivity index (χ3n) is 6.19. The van der Waals surface area contributed by atoms with Crippen molar-refractivity contribution in [3.05, 3.63) is 18.3 Å². The molecule has 4 rings (SSSR count). The molecule has 1 saturated heterocycles. The number of aromatic nitrogens is 2. The molecule has 2 aromatic heterocycles. The smallest absolute Gasteiger partial charge is 0.314 e. The third-order valence-corrected chi connectivity index (χ3v) is 6.19. The highest BCUT2D eigenvalue weighted by molar-refractivity contribution is 5.69. The van der Waals surface area contributed by atoms with Gasteiger partial charge in [-0.1, -0.05) is 57.8 Å². The van der Waals surface area contributed by atoms with Crippen molar-refractivity contribution in [2.45, 2.75) is 89.5 Å². The minimum absolute atomic E-state index is 0.615. The van der Waals surface area contributed by atoms with Gasteiger partial charge in [0.1, 0.15) is 5.52 Å². The summed E-state index contributed by atoms with van der Waals surface area (Å²) in [5.74, 6) is 0. The van der Waals surface area contributed by atoms with E-state index in [1.54, 1.807) is 6.20 Å². The highest BCUT2D eigenvalue weighted by atomic mass is 16.4. The lowest BCUT2D eigenvalue weighted by Gasteiger charge is -2.39. The summed E-state index contributed by atoms with van der Waals surface area (Å²) < 4.78 is 6.11. The Morgan fingerprint density at radius 1 is 0.815 bits per heavy atom. The Balaban J connectivity index is 1.61. The molecule has 3 heterocycles. The van der Waals surface area contributed by atoms with Crippen molar-refractivity contribution < 1.29 is 4.42 Å². The lowest BCUT2D eigenvalue weighted by Crippen LogP contribution is -2.50. The summed E-state index contributed by atoms with van der Waals surface area (Å²) in [5, 5.41) is 5.00. The van der Waals surface area contributed by atoms with E-state index in [4.69, 9.17) is 9.40 Å². The van der Waals surface area contributed by atoms with Gasteiger partial charge >= 0.3 is 6.01 Å². The van der Waals surface area contributed by atoms with Crippen LogP contribution in [0.1, 0.15) is 83.5 Å². The topological polar surface area (TPSA) is 45.4 Å². The highest BCUT2D eigenvalue weighted by Gasteiger charge is 2.28. The molecule has 0 bridgehead atoms. The first-order valence-electron chi connectivity index (χ1n) is 11.2. The van der Waals surface area contributed by atoms with Crippen molar-refractivity contribution >= 4 is 17.2 Å². The number of nitrogens with zero attached hydrogens (tertiary/aromatic N) is 4. The van der Waals surface area contributed by atoms with Crippen molar-refractivity contribution in [1.82, 2.24) is 15.0 Å². The molecule has 5 heteroatoms. The lowest BCUT2D eigenvalue weighted by atomic mass is 10.0. The normalized spacial score (nSPS) is 22.4. The van der Waals surface area contributed by atoms with Gasteiger partial charge in [0.15, 0.2) is 0 Å². The molecule has 1 aliphatic heterocycles. The minimum Gasteiger partial charge on any atom is -0.403 e. The van der Waals surface area contributed by atoms with Crippen molar-refractivity contribution in [2.75, 3.05) is 18.1 Å². The number of oxazole rings is 1. The first-order valence-corrected chi connectivity index (χ1v) is 11.2. The minimum atomic E-state index is 0.615. The lowest BCUT2D eigenvalue weighted by molar-refractivity contribution is 0.144. The van der Waals surface area contributed by atoms with E-state index < -0.39 is 0 Å². The number of hydrogen-bond acceptors (Lipinski definition) is 5. The van der Waals surface area contributed by atoms with Gasteiger partial charge in [-0.2, -0.15) is 4.98 Å². The van der Waals surface area contributed by atoms with Crippen LogP contribution < -0.4 is 5.01 Å². The van der Waals surface area contributed by atoms with Crippen LogP contribution in [0.2, 0.25) is 0 Å². The number of pyridine rings is 1. The molecule has 0 amide bonds. The van der Waals surface area contributed by atoms with Crippen molar-refractivity contribution in [3.8, 4) is 0 Å². The molecule has 1 saturated carbocycles. The average Bonchev–Trinajstić information content (AvgIpc) is 3.19. The summed E-state index contributed by atoms with van der Waals surface area (Å²) in [6.45, 7) is 2.13. The van der Waals surface area contributed by atoms with E-state index in [9.17, 15) is 0 Å². The number of fused-ring (bicyclic) bond motifs is 1. The summed E-state index contributed by atoms with van der Waals surface area (Å²) in [4.78, 5) is 9.16. The second kappa shape index (κ2) is 9.54. The number of hydrogen-bond donors (Lipinski definition) is 0. The highest BCUT2D eigenvalue weighted by Crippen LogP contribution is 2.29. The first-order chi connectivity index (χ1) is 13.4. The Morgan fingerprint density at radius 3 is 2.22 bits per heavy atom. The molecule has 0 atom stereocenters. The van der Waals surface area contributed by atoms with Gasteiger partial charge in [-0.25, -0.2) is 9.99 Å². The molecule has 0 unspecified atom stereocenters. The second-order valence-corrected chi connectivity index (χ2v) is 8.23. The largest absolute Gasteiger partial charge is 0.403 e. The quantitative estimate of drug-likeness (QED) is 0.677. The van der Waals surface area contributed by atoms with E-state index in [0.29, 0.717) is 11.8 Å². The zero-order chi connectivity index (χ0) is 18.3. The van der Waals surface area contributed by atoms with Crippen LogP contribution in [-0.2, 0) is 0 Å². The number of rotatable bonds is 2. The molecule has 5 nitrogen and oxygen atoms in total. The Hall–Kier alpha value is -1.62. The van der Waals surface area contributed by atoms with E-state index in [-0.39, 0.29) is 0 Å². The molecule has 27 heavy (non-hydrogen) atoms. The van der Waals surface area contributed by atoms with Crippen LogP contribution in [0.4, 0.5) is 6.01 Å². The molecular formula is C22H34N4O. The summed E-state index contributed by atoms with van der Waals surface area (Å²) >= 11 is 0. The van der Waals surface area contributed by atoms with Gasteiger partial charge in [0.25, 0.3) is 0 Å². The van der Waals surface area contributed by atoms with Gasteiger partial charge < -0.3 is 4.42 Å². The van der Waals surface area contributed by atoms with Gasteiger partial charge in [0.05, 0.1) is 0 Å². The number of anilines is 1. The average molecular weight is 371 g/mol. The van der Waals surface area contributed by atoms with Crippen LogP contribution in [0.5, 0.6) is 0 Å². The maximum atomic E-state index is 6.11. The second-order valence-electron chi connectivity index (χ2n) is 8.23. The fraction of sp³-hybridized carbons (Fsp3) is 0.727. The van der Waals surface area contributed by atoms with Crippen molar-refractivity contribution in [3.63, 3.8) is 0 Å². The Kier molecular flexibility index (Phi) is 6.62. The number of hydrazine groups is 1. The van der Waals surface area contributed by atoms with E-state index >= 15 is 0 Å². The Labute approximate surface area is 163 Å². The van der Waals surface area contributed by atoms with Crippen LogP contribution >= 0.6 is 0 Å². The molecule has 2 aliphatic rings. The Morgan fingerprint density at radius 2 is 1.48 bits per heavy atom. The van der Waals surface area contributed by atoms with E-state index in [0.717, 1.165) is 24.6 Å². The fourth-order valence-corrected chi connectivity index (χ4v) is 4.68. The fourth-order valence-electron chi connectivity index (χ4n) is 4.68. The van der Waals surface area contributed by atoms with Crippen molar-refractivity contribution in [1.29, 1.82) is 0 Å². The zero-order valence-corrected chi connectivity index (χ0v) is 16.6. The molecule has 0 spiro atoms.